The van der Waals surface area contributed by atoms with Crippen LogP contribution < -0.4 is 29.4 Å². The predicted molar refractivity (Wildman–Crippen MR) is 308 cm³/mol. The van der Waals surface area contributed by atoms with Crippen molar-refractivity contribution in [3.63, 3.8) is 0 Å². The number of hydrogen-bond acceptors (Lipinski definition) is 9. The maximum atomic E-state index is 15.6. The molecular weight excluding hydrogens is 913 g/mol. The van der Waals surface area contributed by atoms with Gasteiger partial charge in [0.05, 0.1) is 30.1 Å². The fourth-order valence-electron chi connectivity index (χ4n) is 9.80. The first-order chi connectivity index (χ1) is 35.9. The molecule has 10 heteroatoms. The molecule has 2 heterocycles. The number of amides is 1. The lowest BCUT2D eigenvalue weighted by atomic mass is 9.96. The van der Waals surface area contributed by atoms with Crippen molar-refractivity contribution in [3.05, 3.63) is 240 Å². The van der Waals surface area contributed by atoms with Crippen LogP contribution in [-0.2, 0) is 22.7 Å². The second-order valence-corrected chi connectivity index (χ2v) is 19.6. The van der Waals surface area contributed by atoms with E-state index in [1.807, 2.05) is 46.4 Å². The van der Waals surface area contributed by atoms with Gasteiger partial charge >= 0.3 is 0 Å². The van der Waals surface area contributed by atoms with E-state index >= 15 is 4.79 Å². The second kappa shape index (κ2) is 21.2. The molecule has 10 rings (SSSR count). The van der Waals surface area contributed by atoms with Crippen molar-refractivity contribution >= 4 is 74.2 Å². The zero-order valence-corrected chi connectivity index (χ0v) is 43.6. The van der Waals surface area contributed by atoms with Crippen molar-refractivity contribution in [2.45, 2.75) is 13.1 Å². The molecule has 1 amide bonds. The first kappa shape index (κ1) is 48.9. The fourth-order valence-corrected chi connectivity index (χ4v) is 9.80. The van der Waals surface area contributed by atoms with Crippen LogP contribution in [0.4, 0.5) is 56.9 Å². The van der Waals surface area contributed by atoms with E-state index in [4.69, 9.17) is 4.84 Å². The second-order valence-electron chi connectivity index (χ2n) is 19.6. The van der Waals surface area contributed by atoms with E-state index in [1.54, 1.807) is 0 Å². The average molecular weight is 977 g/mol. The van der Waals surface area contributed by atoms with Crippen LogP contribution in [0.15, 0.2) is 217 Å². The minimum absolute atomic E-state index is 0.0597. The summed E-state index contributed by atoms with van der Waals surface area (Å²) >= 11 is 0. The predicted octanol–water partition coefficient (Wildman–Crippen LogP) is 13.5. The highest BCUT2D eigenvalue weighted by molar-refractivity contribution is 6.15. The Bertz CT molecular complexity index is 3160. The van der Waals surface area contributed by atoms with Crippen LogP contribution in [0.3, 0.4) is 0 Å². The molecule has 2 aliphatic heterocycles. The van der Waals surface area contributed by atoms with Crippen molar-refractivity contribution in [1.82, 2.24) is 9.96 Å². The number of hydrogen-bond donors (Lipinski definition) is 0. The Morgan fingerprint density at radius 3 is 1.00 bits per heavy atom. The van der Waals surface area contributed by atoms with Gasteiger partial charge in [0.15, 0.2) is 0 Å². The molecule has 0 N–H and O–H groups in total. The molecule has 0 radical (unpaired) electrons. The molecule has 2 aliphatic rings. The summed E-state index contributed by atoms with van der Waals surface area (Å²) in [6.07, 6.45) is 0. The highest BCUT2D eigenvalue weighted by Gasteiger charge is 2.42. The van der Waals surface area contributed by atoms with Gasteiger partial charge in [0.2, 0.25) is 0 Å². The number of carbonyl (C=O) groups excluding carboxylic acids is 1. The van der Waals surface area contributed by atoms with Crippen molar-refractivity contribution in [3.8, 4) is 0 Å². The third kappa shape index (κ3) is 10.0. The van der Waals surface area contributed by atoms with Crippen molar-refractivity contribution < 1.29 is 9.63 Å². The van der Waals surface area contributed by atoms with Crippen molar-refractivity contribution in [1.29, 1.82) is 0 Å². The van der Waals surface area contributed by atoms with Crippen LogP contribution in [0.25, 0.3) is 11.4 Å². The minimum atomic E-state index is -0.0597. The van der Waals surface area contributed by atoms with Crippen molar-refractivity contribution in [2.24, 2.45) is 0 Å². The molecule has 0 bridgehead atoms. The summed E-state index contributed by atoms with van der Waals surface area (Å²) in [5, 5.41) is 1.92. The third-order valence-electron chi connectivity index (χ3n) is 13.8. The maximum Gasteiger partial charge on any atom is 0.261 e. The Labute approximate surface area is 437 Å². The lowest BCUT2D eigenvalue weighted by Gasteiger charge is -2.33. The number of anilines is 10. The maximum absolute atomic E-state index is 15.6. The highest BCUT2D eigenvalue weighted by Crippen LogP contribution is 2.47. The van der Waals surface area contributed by atoms with Gasteiger partial charge in [-0.25, -0.2) is 5.06 Å². The van der Waals surface area contributed by atoms with Gasteiger partial charge in [-0.2, -0.15) is 0 Å². The van der Waals surface area contributed by atoms with E-state index in [9.17, 15) is 0 Å². The molecule has 0 unspecified atom stereocenters. The molecule has 0 fully saturated rings. The van der Waals surface area contributed by atoms with E-state index in [-0.39, 0.29) is 12.5 Å². The summed E-state index contributed by atoms with van der Waals surface area (Å²) < 4.78 is 0. The minimum Gasteiger partial charge on any atom is -0.378 e. The molecule has 0 atom stereocenters. The molecular formula is C64H64N8O2. The van der Waals surface area contributed by atoms with Gasteiger partial charge in [-0.3, -0.25) is 9.63 Å². The molecule has 0 saturated heterocycles. The number of benzene rings is 8. The first-order valence-electron chi connectivity index (χ1n) is 25.1. The zero-order valence-electron chi connectivity index (χ0n) is 43.6. The summed E-state index contributed by atoms with van der Waals surface area (Å²) in [6, 6.07) is 72.2. The summed E-state index contributed by atoms with van der Waals surface area (Å²) in [5.74, 6) is -0.0597. The van der Waals surface area contributed by atoms with Crippen LogP contribution in [0.1, 0.15) is 22.3 Å². The first-order valence-corrected chi connectivity index (χ1v) is 25.1. The van der Waals surface area contributed by atoms with Crippen LogP contribution in [0, 0.1) is 0 Å². The number of nitrogens with zero attached hydrogens (tertiary/aromatic N) is 8. The van der Waals surface area contributed by atoms with Gasteiger partial charge in [0.1, 0.15) is 6.61 Å². The average Bonchev–Trinajstić information content (AvgIpc) is 3.71. The van der Waals surface area contributed by atoms with Crippen LogP contribution in [0.2, 0.25) is 0 Å². The largest absolute Gasteiger partial charge is 0.378 e. The molecule has 10 nitrogen and oxygen atoms in total. The molecule has 74 heavy (non-hydrogen) atoms. The lowest BCUT2D eigenvalue weighted by molar-refractivity contribution is -0.126. The van der Waals surface area contributed by atoms with Gasteiger partial charge in [-0.15, -0.1) is 0 Å². The lowest BCUT2D eigenvalue weighted by Crippen LogP contribution is -2.31. The molecule has 372 valence electrons. The van der Waals surface area contributed by atoms with Gasteiger partial charge in [-0.1, -0.05) is 84.9 Å². The Hall–Kier alpha value is -8.73. The zero-order chi connectivity index (χ0) is 51.5. The van der Waals surface area contributed by atoms with Gasteiger partial charge < -0.3 is 34.3 Å². The van der Waals surface area contributed by atoms with Gasteiger partial charge in [0, 0.05) is 124 Å². The Balaban J connectivity index is 1.10. The number of fused-ring (bicyclic) bond motifs is 1. The van der Waals surface area contributed by atoms with E-state index in [1.165, 1.54) is 0 Å². The number of hydroxylamine groups is 2. The third-order valence-corrected chi connectivity index (χ3v) is 13.8. The highest BCUT2D eigenvalue weighted by atomic mass is 16.7. The van der Waals surface area contributed by atoms with Crippen LogP contribution in [-0.4, -0.2) is 78.9 Å². The smallest absolute Gasteiger partial charge is 0.261 e. The topological polar surface area (TPSA) is 52.2 Å². The van der Waals surface area contributed by atoms with Crippen LogP contribution in [0.5, 0.6) is 0 Å². The van der Waals surface area contributed by atoms with E-state index < -0.39 is 0 Å². The normalized spacial score (nSPS) is 13.3. The van der Waals surface area contributed by atoms with Gasteiger partial charge in [0.25, 0.3) is 5.91 Å². The summed E-state index contributed by atoms with van der Waals surface area (Å²) in [6.45, 7) is 1.07. The number of carbonyl (C=O) groups is 1. The Kier molecular flexibility index (Phi) is 14.0. The molecule has 8 aromatic rings. The van der Waals surface area contributed by atoms with E-state index in [0.717, 1.165) is 96.1 Å². The quantitative estimate of drug-likeness (QED) is 0.0942. The summed E-state index contributed by atoms with van der Waals surface area (Å²) in [5.41, 5.74) is 17.6. The Morgan fingerprint density at radius 1 is 0.365 bits per heavy atom. The SMILES string of the molecule is CN(C)c1ccc(N(c2ccc(C3=C4C(=O)N(Cc5ccccc5)C(c5ccc(N(c6ccc(N(C)C)cc6)c6ccc(N(C)C)cc6)cc5)=C4CON3Cc3ccccc3)cc2)c2ccc(N(C)C)cc2)cc1. The van der Waals surface area contributed by atoms with Crippen molar-refractivity contribution in [2.75, 3.05) is 92.4 Å². The summed E-state index contributed by atoms with van der Waals surface area (Å²) in [7, 11) is 16.5. The van der Waals surface area contributed by atoms with E-state index in [0.29, 0.717) is 18.7 Å². The molecule has 0 aliphatic carbocycles. The molecule has 0 spiro atoms. The fraction of sp³-hybridized carbons (Fsp3) is 0.172. The monoisotopic (exact) mass is 977 g/mol. The summed E-state index contributed by atoms with van der Waals surface area (Å²) in [4.78, 5) is 37.4. The molecule has 0 aromatic heterocycles. The van der Waals surface area contributed by atoms with Gasteiger partial charge in [-0.05, 0) is 138 Å². The standard InChI is InChI=1S/C64H64N8O2/c1-65(2)50-27-35-56(36-28-50)71(57-37-29-51(30-38-57)66(3)4)54-23-19-48(20-24-54)62-60-45-74-70(44-47-17-13-10-14-18-47)63(61(60)64(73)69(62)43-46-15-11-9-12-16-46)49-21-25-55(26-22-49)72(58-39-31-52(32-40-58)67(5)6)59-41-33-53(34-42-59)68(7)8/h9-42H,43-45H2,1-8H3. The Morgan fingerprint density at radius 2 is 0.662 bits per heavy atom. The number of rotatable bonds is 16. The van der Waals surface area contributed by atoms with Crippen LogP contribution >= 0.6 is 0 Å². The molecule has 0 saturated carbocycles. The molecule has 8 aromatic carbocycles. The van der Waals surface area contributed by atoms with E-state index in [2.05, 4.69) is 256 Å².